The number of nitrogens with one attached hydrogen (secondary N) is 1. The van der Waals surface area contributed by atoms with Crippen LogP contribution >= 0.6 is 23.4 Å². The molecule has 3 rings (SSSR count). The summed E-state index contributed by atoms with van der Waals surface area (Å²) < 4.78 is 0. The lowest BCUT2D eigenvalue weighted by Gasteiger charge is -2.06. The minimum Gasteiger partial charge on any atom is -0.335 e. The van der Waals surface area contributed by atoms with Crippen LogP contribution in [0.3, 0.4) is 0 Å². The number of thioether (sulfide) groups is 1. The number of anilines is 1. The molecule has 102 valence electrons. The summed E-state index contributed by atoms with van der Waals surface area (Å²) in [5.41, 5.74) is 3.33. The number of aryl methyl sites for hydroxylation is 1. The zero-order chi connectivity index (χ0) is 13.9. The largest absolute Gasteiger partial charge is 0.335 e. The van der Waals surface area contributed by atoms with E-state index in [-0.39, 0.29) is 6.04 Å². The Balaban J connectivity index is 1.74. The third-order valence-electron chi connectivity index (χ3n) is 3.26. The molecule has 0 radical (unpaired) electrons. The van der Waals surface area contributed by atoms with Crippen LogP contribution in [-0.4, -0.2) is 10.9 Å². The number of hydrogen-bond donors (Lipinski definition) is 1. The molecule has 20 heavy (non-hydrogen) atoms. The van der Waals surface area contributed by atoms with E-state index in [9.17, 15) is 0 Å². The molecule has 2 aromatic carbocycles. The molecule has 0 aromatic heterocycles. The van der Waals surface area contributed by atoms with Gasteiger partial charge in [0.05, 0.1) is 6.04 Å². The average molecular weight is 303 g/mol. The predicted octanol–water partition coefficient (Wildman–Crippen LogP) is 4.90. The van der Waals surface area contributed by atoms with Crippen LogP contribution in [0.15, 0.2) is 53.5 Å². The highest BCUT2D eigenvalue weighted by atomic mass is 35.5. The van der Waals surface area contributed by atoms with Crippen molar-refractivity contribution in [3.05, 3.63) is 64.7 Å². The number of nitrogens with zero attached hydrogens (tertiary/aromatic N) is 1. The maximum absolute atomic E-state index is 6.14. The SMILES string of the molecule is Cc1ccc(NC2=NC(c3ccccc3)CS2)cc1Cl. The summed E-state index contributed by atoms with van der Waals surface area (Å²) in [6.45, 7) is 2.00. The van der Waals surface area contributed by atoms with E-state index >= 15 is 0 Å². The lowest BCUT2D eigenvalue weighted by Crippen LogP contribution is -2.04. The third kappa shape index (κ3) is 3.00. The summed E-state index contributed by atoms with van der Waals surface area (Å²) in [5.74, 6) is 0.978. The van der Waals surface area contributed by atoms with Crippen LogP contribution in [0.2, 0.25) is 5.02 Å². The van der Waals surface area contributed by atoms with Crippen LogP contribution in [0.25, 0.3) is 0 Å². The van der Waals surface area contributed by atoms with Crippen molar-refractivity contribution in [1.82, 2.24) is 0 Å². The molecule has 0 fully saturated rings. The lowest BCUT2D eigenvalue weighted by molar-refractivity contribution is 0.849. The van der Waals surface area contributed by atoms with Gasteiger partial charge in [0.2, 0.25) is 0 Å². The summed E-state index contributed by atoms with van der Waals surface area (Å²) in [6.07, 6.45) is 0. The third-order valence-corrected chi connectivity index (χ3v) is 4.63. The first kappa shape index (κ1) is 13.5. The Morgan fingerprint density at radius 3 is 2.75 bits per heavy atom. The van der Waals surface area contributed by atoms with Crippen LogP contribution in [0, 0.1) is 6.92 Å². The fourth-order valence-electron chi connectivity index (χ4n) is 2.08. The number of amidine groups is 1. The quantitative estimate of drug-likeness (QED) is 0.853. The minimum absolute atomic E-state index is 0.240. The van der Waals surface area contributed by atoms with E-state index in [1.807, 2.05) is 31.2 Å². The molecule has 2 nitrogen and oxygen atoms in total. The fourth-order valence-corrected chi connectivity index (χ4v) is 3.24. The Kier molecular flexibility index (Phi) is 3.99. The van der Waals surface area contributed by atoms with Gasteiger partial charge in [-0.1, -0.05) is 59.8 Å². The number of benzene rings is 2. The first-order valence-corrected chi connectivity index (χ1v) is 7.87. The van der Waals surface area contributed by atoms with Gasteiger partial charge in [0.1, 0.15) is 0 Å². The van der Waals surface area contributed by atoms with Crippen molar-refractivity contribution in [2.45, 2.75) is 13.0 Å². The molecule has 1 unspecified atom stereocenters. The summed E-state index contributed by atoms with van der Waals surface area (Å²) >= 11 is 7.88. The fraction of sp³-hybridized carbons (Fsp3) is 0.188. The lowest BCUT2D eigenvalue weighted by atomic mass is 10.1. The molecule has 0 saturated heterocycles. The van der Waals surface area contributed by atoms with Gasteiger partial charge in [-0.3, -0.25) is 4.99 Å². The van der Waals surface area contributed by atoms with Crippen LogP contribution in [0.5, 0.6) is 0 Å². The molecule has 2 aromatic rings. The molecule has 0 saturated carbocycles. The van der Waals surface area contributed by atoms with E-state index in [0.717, 1.165) is 27.2 Å². The van der Waals surface area contributed by atoms with E-state index < -0.39 is 0 Å². The second-order valence-electron chi connectivity index (χ2n) is 4.76. The summed E-state index contributed by atoms with van der Waals surface area (Å²) in [7, 11) is 0. The average Bonchev–Trinajstić information content (AvgIpc) is 2.92. The Morgan fingerprint density at radius 2 is 2.00 bits per heavy atom. The Labute approximate surface area is 128 Å². The smallest absolute Gasteiger partial charge is 0.161 e. The molecular formula is C16H15ClN2S. The summed E-state index contributed by atoms with van der Waals surface area (Å²) in [5, 5.41) is 5.07. The van der Waals surface area contributed by atoms with Gasteiger partial charge >= 0.3 is 0 Å². The second-order valence-corrected chi connectivity index (χ2v) is 6.18. The van der Waals surface area contributed by atoms with E-state index in [4.69, 9.17) is 16.6 Å². The van der Waals surface area contributed by atoms with Crippen LogP contribution in [0.4, 0.5) is 5.69 Å². The standard InChI is InChI=1S/C16H15ClN2S/c1-11-7-8-13(9-14(11)17)18-16-19-15(10-20-16)12-5-3-2-4-6-12/h2-9,15H,10H2,1H3,(H,18,19). The van der Waals surface area contributed by atoms with Gasteiger partial charge < -0.3 is 5.32 Å². The highest BCUT2D eigenvalue weighted by Gasteiger charge is 2.19. The maximum atomic E-state index is 6.14. The zero-order valence-corrected chi connectivity index (χ0v) is 12.7. The van der Waals surface area contributed by atoms with Gasteiger partial charge in [-0.05, 0) is 30.2 Å². The normalized spacial score (nSPS) is 17.9. The topological polar surface area (TPSA) is 24.4 Å². The molecule has 0 spiro atoms. The van der Waals surface area contributed by atoms with Crippen molar-refractivity contribution < 1.29 is 0 Å². The van der Waals surface area contributed by atoms with Gasteiger partial charge in [-0.2, -0.15) is 0 Å². The van der Waals surface area contributed by atoms with E-state index in [0.29, 0.717) is 0 Å². The molecule has 4 heteroatoms. The minimum atomic E-state index is 0.240. The summed E-state index contributed by atoms with van der Waals surface area (Å²) in [6, 6.07) is 16.6. The van der Waals surface area contributed by atoms with E-state index in [1.165, 1.54) is 5.56 Å². The van der Waals surface area contributed by atoms with Gasteiger partial charge in [0, 0.05) is 16.5 Å². The van der Waals surface area contributed by atoms with Crippen molar-refractivity contribution >= 4 is 34.2 Å². The van der Waals surface area contributed by atoms with Gasteiger partial charge in [-0.15, -0.1) is 0 Å². The van der Waals surface area contributed by atoms with Crippen molar-refractivity contribution in [2.24, 2.45) is 4.99 Å². The Morgan fingerprint density at radius 1 is 1.20 bits per heavy atom. The van der Waals surface area contributed by atoms with E-state index in [1.54, 1.807) is 11.8 Å². The number of aliphatic imine (C=N–C) groups is 1. The number of rotatable bonds is 2. The highest BCUT2D eigenvalue weighted by Crippen LogP contribution is 2.31. The second kappa shape index (κ2) is 5.90. The highest BCUT2D eigenvalue weighted by molar-refractivity contribution is 8.14. The van der Waals surface area contributed by atoms with Gasteiger partial charge in [0.15, 0.2) is 5.17 Å². The molecular weight excluding hydrogens is 288 g/mol. The van der Waals surface area contributed by atoms with E-state index in [2.05, 4.69) is 29.6 Å². The zero-order valence-electron chi connectivity index (χ0n) is 11.1. The molecule has 1 N–H and O–H groups in total. The molecule has 1 aliphatic heterocycles. The van der Waals surface area contributed by atoms with Gasteiger partial charge in [-0.25, -0.2) is 0 Å². The number of hydrogen-bond acceptors (Lipinski definition) is 3. The monoisotopic (exact) mass is 302 g/mol. The van der Waals surface area contributed by atoms with Crippen molar-refractivity contribution in [3.8, 4) is 0 Å². The van der Waals surface area contributed by atoms with Crippen molar-refractivity contribution in [2.75, 3.05) is 11.1 Å². The molecule has 0 aliphatic carbocycles. The van der Waals surface area contributed by atoms with Gasteiger partial charge in [0.25, 0.3) is 0 Å². The Bertz CT molecular complexity index is 640. The Hall–Kier alpha value is -1.45. The molecule has 0 bridgehead atoms. The first-order valence-electron chi connectivity index (χ1n) is 6.51. The van der Waals surface area contributed by atoms with Crippen LogP contribution in [0.1, 0.15) is 17.2 Å². The maximum Gasteiger partial charge on any atom is 0.161 e. The molecule has 1 atom stereocenters. The van der Waals surface area contributed by atoms with Crippen molar-refractivity contribution in [3.63, 3.8) is 0 Å². The molecule has 1 aliphatic rings. The summed E-state index contributed by atoms with van der Waals surface area (Å²) in [4.78, 5) is 4.73. The van der Waals surface area contributed by atoms with Crippen LogP contribution in [-0.2, 0) is 0 Å². The predicted molar refractivity (Wildman–Crippen MR) is 88.9 cm³/mol. The first-order chi connectivity index (χ1) is 9.72. The molecule has 1 heterocycles. The van der Waals surface area contributed by atoms with Crippen molar-refractivity contribution in [1.29, 1.82) is 0 Å². The molecule has 0 amide bonds. The number of halogens is 1. The van der Waals surface area contributed by atoms with Crippen LogP contribution < -0.4 is 5.32 Å².